The first-order valence-corrected chi connectivity index (χ1v) is 9.06. The van der Waals surface area contributed by atoms with Crippen molar-refractivity contribution in [3.05, 3.63) is 27.3 Å². The highest BCUT2D eigenvalue weighted by Crippen LogP contribution is 2.27. The molecular weight excluding hydrogens is 328 g/mol. The third kappa shape index (κ3) is 3.81. The first-order chi connectivity index (χ1) is 11.5. The van der Waals surface area contributed by atoms with Gasteiger partial charge in [0.15, 0.2) is 5.82 Å². The molecule has 2 aromatic heterocycles. The maximum Gasteiger partial charge on any atom is 0.263 e. The average Bonchev–Trinajstić information content (AvgIpc) is 3.26. The van der Waals surface area contributed by atoms with E-state index in [0.717, 1.165) is 30.2 Å². The maximum atomic E-state index is 12.3. The molecule has 1 aliphatic heterocycles. The van der Waals surface area contributed by atoms with Crippen molar-refractivity contribution in [2.24, 2.45) is 0 Å². The minimum absolute atomic E-state index is 0.0739. The second-order valence-corrected chi connectivity index (χ2v) is 7.21. The number of nitrogens with zero attached hydrogens (tertiary/aromatic N) is 3. The van der Waals surface area contributed by atoms with Crippen molar-refractivity contribution in [1.82, 2.24) is 20.4 Å². The van der Waals surface area contributed by atoms with Crippen molar-refractivity contribution in [2.45, 2.75) is 52.1 Å². The van der Waals surface area contributed by atoms with Gasteiger partial charge in [0.1, 0.15) is 11.0 Å². The molecule has 0 bridgehead atoms. The second kappa shape index (κ2) is 7.40. The number of rotatable bonds is 6. The van der Waals surface area contributed by atoms with Crippen LogP contribution in [0.2, 0.25) is 0 Å². The summed E-state index contributed by atoms with van der Waals surface area (Å²) in [5, 5.41) is 7.83. The molecule has 3 rings (SSSR count). The lowest BCUT2D eigenvalue weighted by Gasteiger charge is -2.02. The number of aryl methyl sites for hydroxylation is 1. The monoisotopic (exact) mass is 350 g/mol. The summed E-state index contributed by atoms with van der Waals surface area (Å²) in [6.45, 7) is 7.21. The van der Waals surface area contributed by atoms with Crippen molar-refractivity contribution < 1.29 is 14.1 Å². The van der Waals surface area contributed by atoms with E-state index < -0.39 is 0 Å². The van der Waals surface area contributed by atoms with E-state index >= 15 is 0 Å². The molecule has 0 radical (unpaired) electrons. The van der Waals surface area contributed by atoms with Crippen LogP contribution >= 0.6 is 11.3 Å². The van der Waals surface area contributed by atoms with Crippen LogP contribution in [0.25, 0.3) is 0 Å². The Morgan fingerprint density at radius 1 is 1.42 bits per heavy atom. The second-order valence-electron chi connectivity index (χ2n) is 6.18. The number of carbonyl (C=O) groups excluding carboxylic acids is 1. The standard InChI is InChI=1S/C16H22N4O3S/c1-9(2)16-18-10(3)13(24-16)14(21)17-7-6-12-19-15(23-20-12)11-5-4-8-22-11/h9,11H,4-8H2,1-3H3,(H,17,21)/t11-/m1/s1. The molecule has 24 heavy (non-hydrogen) atoms. The first kappa shape index (κ1) is 17.0. The van der Waals surface area contributed by atoms with Crippen molar-refractivity contribution in [3.8, 4) is 0 Å². The molecule has 1 amide bonds. The molecule has 0 aliphatic carbocycles. The topological polar surface area (TPSA) is 90.1 Å². The van der Waals surface area contributed by atoms with Gasteiger partial charge in [-0.05, 0) is 19.8 Å². The Bertz CT molecular complexity index is 704. The largest absolute Gasteiger partial charge is 0.368 e. The van der Waals surface area contributed by atoms with Gasteiger partial charge in [-0.3, -0.25) is 4.79 Å². The lowest BCUT2D eigenvalue weighted by Crippen LogP contribution is -2.25. The highest BCUT2D eigenvalue weighted by molar-refractivity contribution is 7.13. The highest BCUT2D eigenvalue weighted by atomic mass is 32.1. The summed E-state index contributed by atoms with van der Waals surface area (Å²) >= 11 is 1.45. The van der Waals surface area contributed by atoms with Crippen LogP contribution in [0.5, 0.6) is 0 Å². The molecule has 0 saturated carbocycles. The van der Waals surface area contributed by atoms with Gasteiger partial charge in [0, 0.05) is 25.5 Å². The molecule has 1 fully saturated rings. The number of hydrogen-bond acceptors (Lipinski definition) is 7. The van der Waals surface area contributed by atoms with Gasteiger partial charge in [-0.15, -0.1) is 11.3 Å². The summed E-state index contributed by atoms with van der Waals surface area (Å²) in [7, 11) is 0. The fourth-order valence-corrected chi connectivity index (χ4v) is 3.50. The minimum atomic E-state index is -0.0975. The van der Waals surface area contributed by atoms with Gasteiger partial charge in [-0.1, -0.05) is 19.0 Å². The Morgan fingerprint density at radius 3 is 2.92 bits per heavy atom. The summed E-state index contributed by atoms with van der Waals surface area (Å²) in [6.07, 6.45) is 2.39. The zero-order valence-corrected chi connectivity index (χ0v) is 15.0. The first-order valence-electron chi connectivity index (χ1n) is 8.24. The number of thiazole rings is 1. The minimum Gasteiger partial charge on any atom is -0.368 e. The SMILES string of the molecule is Cc1nc(C(C)C)sc1C(=O)NCCc1noc([C@H]2CCCO2)n1. The van der Waals surface area contributed by atoms with Crippen molar-refractivity contribution in [1.29, 1.82) is 0 Å². The zero-order chi connectivity index (χ0) is 17.1. The fraction of sp³-hybridized carbons (Fsp3) is 0.625. The molecule has 7 nitrogen and oxygen atoms in total. The van der Waals surface area contributed by atoms with E-state index in [-0.39, 0.29) is 12.0 Å². The summed E-state index contributed by atoms with van der Waals surface area (Å²) < 4.78 is 10.7. The number of nitrogens with one attached hydrogen (secondary N) is 1. The molecule has 1 aliphatic rings. The van der Waals surface area contributed by atoms with Gasteiger partial charge in [-0.2, -0.15) is 4.98 Å². The lowest BCUT2D eigenvalue weighted by atomic mass is 10.2. The fourth-order valence-electron chi connectivity index (χ4n) is 2.52. The summed E-state index contributed by atoms with van der Waals surface area (Å²) in [6, 6.07) is 0. The van der Waals surface area contributed by atoms with Crippen molar-refractivity contribution in [2.75, 3.05) is 13.2 Å². The third-order valence-electron chi connectivity index (χ3n) is 3.84. The Kier molecular flexibility index (Phi) is 5.25. The predicted octanol–water partition coefficient (Wildman–Crippen LogP) is 2.78. The maximum absolute atomic E-state index is 12.3. The van der Waals surface area contributed by atoms with Gasteiger partial charge < -0.3 is 14.6 Å². The number of amides is 1. The Labute approximate surface area is 144 Å². The number of aromatic nitrogens is 3. The Balaban J connectivity index is 1.52. The number of carbonyl (C=O) groups is 1. The highest BCUT2D eigenvalue weighted by Gasteiger charge is 2.24. The van der Waals surface area contributed by atoms with Crippen molar-refractivity contribution >= 4 is 17.2 Å². The van der Waals surface area contributed by atoms with Crippen LogP contribution in [0.3, 0.4) is 0 Å². The molecular formula is C16H22N4O3S. The normalized spacial score (nSPS) is 17.6. The summed E-state index contributed by atoms with van der Waals surface area (Å²) in [5.74, 6) is 1.35. The quantitative estimate of drug-likeness (QED) is 0.861. The van der Waals surface area contributed by atoms with Gasteiger partial charge in [0.25, 0.3) is 11.8 Å². The molecule has 1 atom stereocenters. The molecule has 130 valence electrons. The summed E-state index contributed by atoms with van der Waals surface area (Å²) in [4.78, 5) is 21.7. The zero-order valence-electron chi connectivity index (χ0n) is 14.2. The van der Waals surface area contributed by atoms with E-state index in [4.69, 9.17) is 9.26 Å². The van der Waals surface area contributed by atoms with Crippen LogP contribution in [-0.2, 0) is 11.2 Å². The molecule has 0 unspecified atom stereocenters. The van der Waals surface area contributed by atoms with Crippen LogP contribution in [0.15, 0.2) is 4.52 Å². The van der Waals surface area contributed by atoms with Crippen LogP contribution in [0, 0.1) is 6.92 Å². The molecule has 3 heterocycles. The van der Waals surface area contributed by atoms with E-state index in [1.54, 1.807) is 0 Å². The van der Waals surface area contributed by atoms with Crippen LogP contribution in [0.1, 0.15) is 70.8 Å². The smallest absolute Gasteiger partial charge is 0.263 e. The van der Waals surface area contributed by atoms with E-state index in [1.165, 1.54) is 11.3 Å². The van der Waals surface area contributed by atoms with E-state index in [1.807, 2.05) is 6.92 Å². The van der Waals surface area contributed by atoms with E-state index in [2.05, 4.69) is 34.3 Å². The molecule has 1 saturated heterocycles. The molecule has 1 N–H and O–H groups in total. The number of ether oxygens (including phenoxy) is 1. The van der Waals surface area contributed by atoms with Gasteiger partial charge in [-0.25, -0.2) is 4.98 Å². The van der Waals surface area contributed by atoms with Gasteiger partial charge in [0.2, 0.25) is 0 Å². The van der Waals surface area contributed by atoms with Gasteiger partial charge >= 0.3 is 0 Å². The Hall–Kier alpha value is -1.80. The summed E-state index contributed by atoms with van der Waals surface area (Å²) in [5.41, 5.74) is 0.779. The van der Waals surface area contributed by atoms with E-state index in [9.17, 15) is 4.79 Å². The predicted molar refractivity (Wildman–Crippen MR) is 89.2 cm³/mol. The van der Waals surface area contributed by atoms with E-state index in [0.29, 0.717) is 35.5 Å². The van der Waals surface area contributed by atoms with Crippen LogP contribution in [-0.4, -0.2) is 34.2 Å². The molecule has 2 aromatic rings. The van der Waals surface area contributed by atoms with Crippen molar-refractivity contribution in [3.63, 3.8) is 0 Å². The van der Waals surface area contributed by atoms with Crippen LogP contribution in [0.4, 0.5) is 0 Å². The molecule has 0 spiro atoms. The number of hydrogen-bond donors (Lipinski definition) is 1. The van der Waals surface area contributed by atoms with Gasteiger partial charge in [0.05, 0.1) is 10.7 Å². The third-order valence-corrected chi connectivity index (χ3v) is 5.29. The van der Waals surface area contributed by atoms with Crippen LogP contribution < -0.4 is 5.32 Å². The molecule has 8 heteroatoms. The Morgan fingerprint density at radius 2 is 2.25 bits per heavy atom. The lowest BCUT2D eigenvalue weighted by molar-refractivity contribution is 0.0835. The average molecular weight is 350 g/mol. The molecule has 0 aromatic carbocycles.